The lowest BCUT2D eigenvalue weighted by Gasteiger charge is -2.31. The second-order valence-corrected chi connectivity index (χ2v) is 4.40. The van der Waals surface area contributed by atoms with Gasteiger partial charge in [-0.1, -0.05) is 0 Å². The highest BCUT2D eigenvalue weighted by molar-refractivity contribution is 5.76. The molecule has 4 heteroatoms. The van der Waals surface area contributed by atoms with Gasteiger partial charge in [-0.25, -0.2) is 0 Å². The zero-order valence-electron chi connectivity index (χ0n) is 10.2. The second kappa shape index (κ2) is 5.87. The summed E-state index contributed by atoms with van der Waals surface area (Å²) in [6.07, 6.45) is 5.08. The number of furan rings is 1. The summed E-state index contributed by atoms with van der Waals surface area (Å²) in [5.74, 6) is 1.10. The Labute approximate surface area is 102 Å². The molecule has 2 heterocycles. The molecular formula is C13H19NO3. The van der Waals surface area contributed by atoms with E-state index in [2.05, 4.69) is 0 Å². The first-order chi connectivity index (χ1) is 8.29. The molecule has 1 aromatic heterocycles. The average molecular weight is 237 g/mol. The number of nitrogens with zero attached hydrogens (tertiary/aromatic N) is 1. The van der Waals surface area contributed by atoms with E-state index in [4.69, 9.17) is 9.15 Å². The van der Waals surface area contributed by atoms with Gasteiger partial charge in [-0.3, -0.25) is 4.79 Å². The van der Waals surface area contributed by atoms with Gasteiger partial charge in [0, 0.05) is 33.0 Å². The van der Waals surface area contributed by atoms with Crippen molar-refractivity contribution in [3.05, 3.63) is 24.2 Å². The molecule has 1 fully saturated rings. The van der Waals surface area contributed by atoms with Crippen LogP contribution in [0.3, 0.4) is 0 Å². The summed E-state index contributed by atoms with van der Waals surface area (Å²) in [6, 6.07) is 3.76. The van der Waals surface area contributed by atoms with Gasteiger partial charge in [0.05, 0.1) is 12.4 Å². The molecule has 1 aliphatic rings. The number of ether oxygens (including phenoxy) is 1. The fourth-order valence-corrected chi connectivity index (χ4v) is 2.18. The fraction of sp³-hybridized carbons (Fsp3) is 0.615. The van der Waals surface area contributed by atoms with Gasteiger partial charge in [0.1, 0.15) is 5.76 Å². The van der Waals surface area contributed by atoms with Crippen LogP contribution >= 0.6 is 0 Å². The van der Waals surface area contributed by atoms with Crippen LogP contribution in [0.25, 0.3) is 0 Å². The van der Waals surface area contributed by atoms with Crippen molar-refractivity contribution < 1.29 is 13.9 Å². The number of likely N-dealkylation sites (tertiary alicyclic amines) is 1. The molecule has 0 saturated carbocycles. The van der Waals surface area contributed by atoms with Gasteiger partial charge in [0.25, 0.3) is 0 Å². The molecule has 0 N–H and O–H groups in total. The molecule has 0 aliphatic carbocycles. The van der Waals surface area contributed by atoms with E-state index in [1.54, 1.807) is 13.4 Å². The van der Waals surface area contributed by atoms with Crippen LogP contribution in [0, 0.1) is 0 Å². The number of hydrogen-bond acceptors (Lipinski definition) is 3. The molecule has 17 heavy (non-hydrogen) atoms. The monoisotopic (exact) mass is 237 g/mol. The molecule has 1 aliphatic heterocycles. The SMILES string of the molecule is COC1CCN(C(=O)CCc2ccco2)CC1. The zero-order valence-corrected chi connectivity index (χ0v) is 10.2. The third-order valence-electron chi connectivity index (χ3n) is 3.29. The fourth-order valence-electron chi connectivity index (χ4n) is 2.18. The van der Waals surface area contributed by atoms with Crippen LogP contribution < -0.4 is 0 Å². The minimum atomic E-state index is 0.218. The quantitative estimate of drug-likeness (QED) is 0.802. The van der Waals surface area contributed by atoms with E-state index in [-0.39, 0.29) is 5.91 Å². The lowest BCUT2D eigenvalue weighted by molar-refractivity contribution is -0.133. The summed E-state index contributed by atoms with van der Waals surface area (Å²) in [7, 11) is 1.74. The van der Waals surface area contributed by atoms with E-state index >= 15 is 0 Å². The Morgan fingerprint density at radius 3 is 2.88 bits per heavy atom. The van der Waals surface area contributed by atoms with E-state index in [9.17, 15) is 4.79 Å². The summed E-state index contributed by atoms with van der Waals surface area (Å²) in [4.78, 5) is 13.9. The first-order valence-corrected chi connectivity index (χ1v) is 6.12. The largest absolute Gasteiger partial charge is 0.469 e. The molecule has 1 saturated heterocycles. The number of carbonyl (C=O) groups is 1. The van der Waals surface area contributed by atoms with Gasteiger partial charge >= 0.3 is 0 Å². The van der Waals surface area contributed by atoms with Gasteiger partial charge in [-0.15, -0.1) is 0 Å². The molecule has 0 atom stereocenters. The Morgan fingerprint density at radius 1 is 1.53 bits per heavy atom. The Bertz CT molecular complexity index is 340. The molecule has 0 spiro atoms. The lowest BCUT2D eigenvalue weighted by atomic mass is 10.1. The molecule has 0 bridgehead atoms. The maximum Gasteiger partial charge on any atom is 0.223 e. The summed E-state index contributed by atoms with van der Waals surface area (Å²) in [5.41, 5.74) is 0. The van der Waals surface area contributed by atoms with E-state index in [0.29, 0.717) is 18.9 Å². The molecule has 94 valence electrons. The maximum absolute atomic E-state index is 11.9. The van der Waals surface area contributed by atoms with Crippen molar-refractivity contribution in [2.75, 3.05) is 20.2 Å². The third kappa shape index (κ3) is 3.33. The summed E-state index contributed by atoms with van der Waals surface area (Å²) < 4.78 is 10.5. The van der Waals surface area contributed by atoms with E-state index < -0.39 is 0 Å². The number of methoxy groups -OCH3 is 1. The van der Waals surface area contributed by atoms with Crippen LogP contribution in [0.4, 0.5) is 0 Å². The van der Waals surface area contributed by atoms with Crippen LogP contribution in [-0.2, 0) is 16.0 Å². The summed E-state index contributed by atoms with van der Waals surface area (Å²) >= 11 is 0. The minimum Gasteiger partial charge on any atom is -0.469 e. The van der Waals surface area contributed by atoms with Gasteiger partial charge in [-0.05, 0) is 25.0 Å². The number of aryl methyl sites for hydroxylation is 1. The standard InChI is InChI=1S/C13H19NO3/c1-16-11-6-8-14(9-7-11)13(15)5-4-12-3-2-10-17-12/h2-3,10-11H,4-9H2,1H3. The number of hydrogen-bond donors (Lipinski definition) is 0. The highest BCUT2D eigenvalue weighted by Gasteiger charge is 2.22. The molecule has 2 rings (SSSR count). The van der Waals surface area contributed by atoms with Crippen molar-refractivity contribution in [1.82, 2.24) is 4.90 Å². The second-order valence-electron chi connectivity index (χ2n) is 4.40. The first-order valence-electron chi connectivity index (χ1n) is 6.12. The summed E-state index contributed by atoms with van der Waals surface area (Å²) in [5, 5.41) is 0. The Kier molecular flexibility index (Phi) is 4.20. The van der Waals surface area contributed by atoms with Gasteiger partial charge in [-0.2, -0.15) is 0 Å². The van der Waals surface area contributed by atoms with Crippen LogP contribution in [-0.4, -0.2) is 37.1 Å². The van der Waals surface area contributed by atoms with Crippen molar-refractivity contribution in [3.8, 4) is 0 Å². The zero-order chi connectivity index (χ0) is 12.1. The predicted molar refractivity (Wildman–Crippen MR) is 63.6 cm³/mol. The molecule has 0 unspecified atom stereocenters. The normalized spacial score (nSPS) is 17.4. The number of amides is 1. The van der Waals surface area contributed by atoms with Crippen LogP contribution in [0.5, 0.6) is 0 Å². The minimum absolute atomic E-state index is 0.218. The van der Waals surface area contributed by atoms with Crippen molar-refractivity contribution in [2.24, 2.45) is 0 Å². The predicted octanol–water partition coefficient (Wildman–Crippen LogP) is 1.85. The van der Waals surface area contributed by atoms with Crippen molar-refractivity contribution in [3.63, 3.8) is 0 Å². The van der Waals surface area contributed by atoms with Crippen LogP contribution in [0.2, 0.25) is 0 Å². The molecule has 4 nitrogen and oxygen atoms in total. The topological polar surface area (TPSA) is 42.7 Å². The Balaban J connectivity index is 1.73. The number of carbonyl (C=O) groups excluding carboxylic acids is 1. The van der Waals surface area contributed by atoms with Crippen LogP contribution in [0.1, 0.15) is 25.0 Å². The Morgan fingerprint density at radius 2 is 2.29 bits per heavy atom. The number of piperidine rings is 1. The highest BCUT2D eigenvalue weighted by atomic mass is 16.5. The van der Waals surface area contributed by atoms with Crippen LogP contribution in [0.15, 0.2) is 22.8 Å². The van der Waals surface area contributed by atoms with Gasteiger partial charge in [0.2, 0.25) is 5.91 Å². The number of rotatable bonds is 4. The van der Waals surface area contributed by atoms with Crippen molar-refractivity contribution in [1.29, 1.82) is 0 Å². The van der Waals surface area contributed by atoms with Gasteiger partial charge in [0.15, 0.2) is 0 Å². The Hall–Kier alpha value is -1.29. The van der Waals surface area contributed by atoms with E-state index in [1.807, 2.05) is 17.0 Å². The van der Waals surface area contributed by atoms with Gasteiger partial charge < -0.3 is 14.1 Å². The van der Waals surface area contributed by atoms with E-state index in [0.717, 1.165) is 31.7 Å². The molecule has 0 radical (unpaired) electrons. The lowest BCUT2D eigenvalue weighted by Crippen LogP contribution is -2.40. The highest BCUT2D eigenvalue weighted by Crippen LogP contribution is 2.14. The molecule has 1 amide bonds. The smallest absolute Gasteiger partial charge is 0.223 e. The summed E-state index contributed by atoms with van der Waals surface area (Å²) in [6.45, 7) is 1.63. The molecular weight excluding hydrogens is 218 g/mol. The maximum atomic E-state index is 11.9. The van der Waals surface area contributed by atoms with E-state index in [1.165, 1.54) is 0 Å². The molecule has 1 aromatic rings. The molecule has 0 aromatic carbocycles. The van der Waals surface area contributed by atoms with Crippen molar-refractivity contribution in [2.45, 2.75) is 31.8 Å². The average Bonchev–Trinajstić information content (AvgIpc) is 2.89. The van der Waals surface area contributed by atoms with Crippen molar-refractivity contribution >= 4 is 5.91 Å². The third-order valence-corrected chi connectivity index (χ3v) is 3.29. The first kappa shape index (κ1) is 12.2.